The standard InChI is InChI=1S/C12H8N6S/c13-6-8-2-1-3-9(7-14)11(8)19-12-15-16-17-18(12)10-4-5-10/h1-3,10H,4-5H2. The number of benzene rings is 1. The maximum absolute atomic E-state index is 9.13. The van der Waals surface area contributed by atoms with Crippen LogP contribution in [0.2, 0.25) is 0 Å². The van der Waals surface area contributed by atoms with Crippen LogP contribution in [0.15, 0.2) is 28.3 Å². The Morgan fingerprint density at radius 3 is 2.47 bits per heavy atom. The molecule has 1 aromatic heterocycles. The summed E-state index contributed by atoms with van der Waals surface area (Å²) < 4.78 is 1.76. The van der Waals surface area contributed by atoms with Crippen LogP contribution in [0.4, 0.5) is 0 Å². The van der Waals surface area contributed by atoms with E-state index in [2.05, 4.69) is 27.7 Å². The molecule has 0 radical (unpaired) electrons. The second-order valence-electron chi connectivity index (χ2n) is 4.15. The summed E-state index contributed by atoms with van der Waals surface area (Å²) in [4.78, 5) is 0.615. The highest BCUT2D eigenvalue weighted by atomic mass is 32.2. The first kappa shape index (κ1) is 11.7. The first-order chi connectivity index (χ1) is 9.33. The van der Waals surface area contributed by atoms with Crippen molar-refractivity contribution in [2.75, 3.05) is 0 Å². The molecule has 0 unspecified atom stereocenters. The molecule has 0 amide bonds. The third-order valence-electron chi connectivity index (χ3n) is 2.80. The van der Waals surface area contributed by atoms with Gasteiger partial charge in [-0.15, -0.1) is 5.10 Å². The van der Waals surface area contributed by atoms with Crippen LogP contribution in [-0.2, 0) is 0 Å². The molecule has 0 saturated heterocycles. The molecule has 1 aliphatic carbocycles. The summed E-state index contributed by atoms with van der Waals surface area (Å²) in [5, 5.41) is 30.5. The molecule has 19 heavy (non-hydrogen) atoms. The second kappa shape index (κ2) is 4.71. The zero-order valence-corrected chi connectivity index (χ0v) is 10.6. The van der Waals surface area contributed by atoms with E-state index in [-0.39, 0.29) is 0 Å². The van der Waals surface area contributed by atoms with E-state index in [1.165, 1.54) is 11.8 Å². The Morgan fingerprint density at radius 1 is 1.21 bits per heavy atom. The molecule has 7 heteroatoms. The summed E-state index contributed by atoms with van der Waals surface area (Å²) in [6.45, 7) is 0. The number of hydrogen-bond acceptors (Lipinski definition) is 6. The molecule has 2 aromatic rings. The predicted octanol–water partition coefficient (Wildman–Crippen LogP) is 1.90. The van der Waals surface area contributed by atoms with E-state index in [9.17, 15) is 0 Å². The largest absolute Gasteiger partial charge is 0.217 e. The van der Waals surface area contributed by atoms with Gasteiger partial charge in [-0.25, -0.2) is 4.68 Å². The van der Waals surface area contributed by atoms with Crippen molar-refractivity contribution >= 4 is 11.8 Å². The van der Waals surface area contributed by atoms with Gasteiger partial charge in [0, 0.05) is 0 Å². The van der Waals surface area contributed by atoms with Crippen LogP contribution in [0.25, 0.3) is 0 Å². The van der Waals surface area contributed by atoms with Crippen LogP contribution in [-0.4, -0.2) is 20.2 Å². The van der Waals surface area contributed by atoms with E-state index in [4.69, 9.17) is 10.5 Å². The lowest BCUT2D eigenvalue weighted by Gasteiger charge is -2.05. The molecule has 3 rings (SSSR count). The molecule has 0 atom stereocenters. The van der Waals surface area contributed by atoms with Crippen molar-refractivity contribution in [3.8, 4) is 12.1 Å². The normalized spacial score (nSPS) is 13.8. The van der Waals surface area contributed by atoms with Gasteiger partial charge < -0.3 is 0 Å². The summed E-state index contributed by atoms with van der Waals surface area (Å²) in [6, 6.07) is 9.63. The van der Waals surface area contributed by atoms with Crippen LogP contribution in [0.3, 0.4) is 0 Å². The Hall–Kier alpha value is -2.38. The molecular formula is C12H8N6S. The minimum absolute atomic E-state index is 0.359. The van der Waals surface area contributed by atoms with Gasteiger partial charge in [0.15, 0.2) is 0 Å². The lowest BCUT2D eigenvalue weighted by atomic mass is 10.1. The molecule has 1 heterocycles. The average Bonchev–Trinajstić information content (AvgIpc) is 3.19. The molecule has 6 nitrogen and oxygen atoms in total. The van der Waals surface area contributed by atoms with E-state index >= 15 is 0 Å². The van der Waals surface area contributed by atoms with Crippen molar-refractivity contribution in [3.05, 3.63) is 29.3 Å². The van der Waals surface area contributed by atoms with E-state index in [0.29, 0.717) is 27.2 Å². The van der Waals surface area contributed by atoms with E-state index in [1.54, 1.807) is 22.9 Å². The molecule has 0 bridgehead atoms. The van der Waals surface area contributed by atoms with Crippen LogP contribution < -0.4 is 0 Å². The van der Waals surface area contributed by atoms with Gasteiger partial charge in [-0.05, 0) is 47.2 Å². The second-order valence-corrected chi connectivity index (χ2v) is 5.12. The quantitative estimate of drug-likeness (QED) is 0.844. The fourth-order valence-corrected chi connectivity index (χ4v) is 2.70. The van der Waals surface area contributed by atoms with Crippen molar-refractivity contribution in [2.45, 2.75) is 28.9 Å². The van der Waals surface area contributed by atoms with Crippen LogP contribution >= 0.6 is 11.8 Å². The fourth-order valence-electron chi connectivity index (χ4n) is 1.72. The topological polar surface area (TPSA) is 91.2 Å². The van der Waals surface area contributed by atoms with Gasteiger partial charge >= 0.3 is 0 Å². The molecule has 1 saturated carbocycles. The molecule has 92 valence electrons. The van der Waals surface area contributed by atoms with Crippen molar-refractivity contribution < 1.29 is 0 Å². The average molecular weight is 268 g/mol. The number of nitrogens with zero attached hydrogens (tertiary/aromatic N) is 6. The van der Waals surface area contributed by atoms with Crippen molar-refractivity contribution in [1.29, 1.82) is 10.5 Å². The lowest BCUT2D eigenvalue weighted by Crippen LogP contribution is -1.99. The van der Waals surface area contributed by atoms with Gasteiger partial charge in [0.2, 0.25) is 5.16 Å². The van der Waals surface area contributed by atoms with Crippen molar-refractivity contribution in [3.63, 3.8) is 0 Å². The molecule has 1 aromatic carbocycles. The Bertz CT molecular complexity index is 671. The molecule has 0 N–H and O–H groups in total. The summed E-state index contributed by atoms with van der Waals surface area (Å²) in [6.07, 6.45) is 2.15. The number of hydrogen-bond donors (Lipinski definition) is 0. The van der Waals surface area contributed by atoms with E-state index < -0.39 is 0 Å². The highest BCUT2D eigenvalue weighted by molar-refractivity contribution is 7.99. The maximum Gasteiger partial charge on any atom is 0.214 e. The first-order valence-electron chi connectivity index (χ1n) is 5.72. The van der Waals surface area contributed by atoms with E-state index in [1.807, 2.05) is 0 Å². The zero-order chi connectivity index (χ0) is 13.2. The smallest absolute Gasteiger partial charge is 0.214 e. The first-order valence-corrected chi connectivity index (χ1v) is 6.54. The van der Waals surface area contributed by atoms with E-state index in [0.717, 1.165) is 12.8 Å². The van der Waals surface area contributed by atoms with Gasteiger partial charge in [0.05, 0.1) is 22.1 Å². The SMILES string of the molecule is N#Cc1cccc(C#N)c1Sc1nnnn1C1CC1. The maximum atomic E-state index is 9.13. The minimum Gasteiger partial charge on any atom is -0.217 e. The number of aromatic nitrogens is 4. The predicted molar refractivity (Wildman–Crippen MR) is 66.1 cm³/mol. The highest BCUT2D eigenvalue weighted by Gasteiger charge is 2.28. The van der Waals surface area contributed by atoms with Gasteiger partial charge in [-0.2, -0.15) is 10.5 Å². The minimum atomic E-state index is 0.359. The summed E-state index contributed by atoms with van der Waals surface area (Å²) >= 11 is 1.27. The highest BCUT2D eigenvalue weighted by Crippen LogP contribution is 2.39. The van der Waals surface area contributed by atoms with Gasteiger partial charge in [-0.1, -0.05) is 6.07 Å². The number of tetrazole rings is 1. The Labute approximate surface area is 113 Å². The Kier molecular flexibility index (Phi) is 2.90. The van der Waals surface area contributed by atoms with Crippen LogP contribution in [0, 0.1) is 22.7 Å². The third kappa shape index (κ3) is 2.16. The van der Waals surface area contributed by atoms with Gasteiger partial charge in [0.1, 0.15) is 12.1 Å². The van der Waals surface area contributed by atoms with Gasteiger partial charge in [0.25, 0.3) is 0 Å². The monoisotopic (exact) mass is 268 g/mol. The summed E-state index contributed by atoms with van der Waals surface area (Å²) in [7, 11) is 0. The molecule has 1 fully saturated rings. The van der Waals surface area contributed by atoms with Gasteiger partial charge in [-0.3, -0.25) is 0 Å². The third-order valence-corrected chi connectivity index (χ3v) is 3.90. The summed E-state index contributed by atoms with van der Waals surface area (Å²) in [5.74, 6) is 0. The molecule has 0 spiro atoms. The Morgan fingerprint density at radius 2 is 1.89 bits per heavy atom. The molecule has 1 aliphatic rings. The van der Waals surface area contributed by atoms with Crippen LogP contribution in [0.1, 0.15) is 30.0 Å². The molecular weight excluding hydrogens is 260 g/mol. The fraction of sp³-hybridized carbons (Fsp3) is 0.250. The molecule has 0 aliphatic heterocycles. The Balaban J connectivity index is 2.01. The number of rotatable bonds is 3. The number of nitriles is 2. The van der Waals surface area contributed by atoms with Crippen molar-refractivity contribution in [2.24, 2.45) is 0 Å². The van der Waals surface area contributed by atoms with Crippen LogP contribution in [0.5, 0.6) is 0 Å². The zero-order valence-electron chi connectivity index (χ0n) is 9.82. The lowest BCUT2D eigenvalue weighted by molar-refractivity contribution is 0.565. The summed E-state index contributed by atoms with van der Waals surface area (Å²) in [5.41, 5.74) is 0.934. The van der Waals surface area contributed by atoms with Crippen molar-refractivity contribution in [1.82, 2.24) is 20.2 Å².